The van der Waals surface area contributed by atoms with Gasteiger partial charge in [0.15, 0.2) is 0 Å². The van der Waals surface area contributed by atoms with Crippen LogP contribution in [0.5, 0.6) is 0 Å². The lowest BCUT2D eigenvalue weighted by Gasteiger charge is -2.26. The van der Waals surface area contributed by atoms with Crippen LogP contribution in [0.25, 0.3) is 0 Å². The molecule has 0 aromatic rings. The monoisotopic (exact) mass is 262 g/mol. The van der Waals surface area contributed by atoms with Gasteiger partial charge in [-0.05, 0) is 6.92 Å². The summed E-state index contributed by atoms with van der Waals surface area (Å²) in [5.74, 6) is -2.30. The number of ether oxygens (including phenoxy) is 3. The van der Waals surface area contributed by atoms with E-state index < -0.39 is 11.8 Å². The van der Waals surface area contributed by atoms with Crippen LogP contribution >= 0.6 is 0 Å². The summed E-state index contributed by atoms with van der Waals surface area (Å²) in [6.07, 6.45) is 0.212. The third kappa shape index (κ3) is 7.39. The van der Waals surface area contributed by atoms with Crippen molar-refractivity contribution in [3.8, 4) is 0 Å². The van der Waals surface area contributed by atoms with Crippen molar-refractivity contribution in [2.24, 2.45) is 0 Å². The molecule has 0 radical (unpaired) electrons. The predicted octanol–water partition coefficient (Wildman–Crippen LogP) is 0.230. The predicted molar refractivity (Wildman–Crippen MR) is 64.9 cm³/mol. The van der Waals surface area contributed by atoms with Crippen molar-refractivity contribution >= 4 is 5.97 Å². The highest BCUT2D eigenvalue weighted by Crippen LogP contribution is 2.14. The van der Waals surface area contributed by atoms with Gasteiger partial charge in [0, 0.05) is 12.0 Å². The molecule has 6 heteroatoms. The molecule has 0 aliphatic carbocycles. The summed E-state index contributed by atoms with van der Waals surface area (Å²) in [4.78, 5) is 11.3. The Labute approximate surface area is 107 Å². The van der Waals surface area contributed by atoms with E-state index in [0.29, 0.717) is 6.61 Å². The fourth-order valence-electron chi connectivity index (χ4n) is 0.979. The second-order valence-corrected chi connectivity index (χ2v) is 3.86. The highest BCUT2D eigenvalue weighted by Gasteiger charge is 2.30. The molecule has 0 aliphatic rings. The Morgan fingerprint density at radius 2 is 1.89 bits per heavy atom. The van der Waals surface area contributed by atoms with Gasteiger partial charge in [-0.1, -0.05) is 13.5 Å². The lowest BCUT2D eigenvalue weighted by Crippen LogP contribution is -2.39. The Morgan fingerprint density at radius 1 is 1.28 bits per heavy atom. The van der Waals surface area contributed by atoms with Crippen LogP contribution in [0.2, 0.25) is 0 Å². The number of aliphatic hydroxyl groups is 2. The zero-order valence-electron chi connectivity index (χ0n) is 11.0. The molecule has 6 nitrogen and oxygen atoms in total. The summed E-state index contributed by atoms with van der Waals surface area (Å²) in [6, 6.07) is 0. The average molecular weight is 262 g/mol. The van der Waals surface area contributed by atoms with Crippen molar-refractivity contribution < 1.29 is 29.2 Å². The normalized spacial score (nSPS) is 14.0. The zero-order valence-corrected chi connectivity index (χ0v) is 11.0. The van der Waals surface area contributed by atoms with Gasteiger partial charge in [-0.15, -0.1) is 0 Å². The number of hydrogen-bond acceptors (Lipinski definition) is 6. The summed E-state index contributed by atoms with van der Waals surface area (Å²) >= 11 is 0. The average Bonchev–Trinajstić information content (AvgIpc) is 2.33. The maximum Gasteiger partial charge on any atom is 0.335 e. The minimum Gasteiger partial charge on any atom is -0.427 e. The van der Waals surface area contributed by atoms with Crippen molar-refractivity contribution in [1.29, 1.82) is 0 Å². The van der Waals surface area contributed by atoms with Crippen LogP contribution in [-0.4, -0.2) is 55.0 Å². The minimum atomic E-state index is -1.65. The molecule has 0 aromatic carbocycles. The Balaban J connectivity index is 3.93. The molecule has 0 heterocycles. The molecule has 0 bridgehead atoms. The first-order valence-electron chi connectivity index (χ1n) is 5.82. The smallest absolute Gasteiger partial charge is 0.335 e. The van der Waals surface area contributed by atoms with Gasteiger partial charge in [0.1, 0.15) is 6.61 Å². The molecule has 0 saturated carbocycles. The first-order valence-corrected chi connectivity index (χ1v) is 5.82. The number of carbonyl (C=O) groups excluding carboxylic acids is 1. The largest absolute Gasteiger partial charge is 0.427 e. The quantitative estimate of drug-likeness (QED) is 0.254. The van der Waals surface area contributed by atoms with Crippen LogP contribution in [0, 0.1) is 0 Å². The molecule has 0 aliphatic heterocycles. The van der Waals surface area contributed by atoms with Gasteiger partial charge in [0.25, 0.3) is 0 Å². The molecule has 0 amide bonds. The molecule has 0 fully saturated rings. The fourth-order valence-corrected chi connectivity index (χ4v) is 0.979. The van der Waals surface area contributed by atoms with E-state index >= 15 is 0 Å². The molecule has 18 heavy (non-hydrogen) atoms. The first kappa shape index (κ1) is 17.1. The van der Waals surface area contributed by atoms with E-state index in [0.717, 1.165) is 0 Å². The Hall–Kier alpha value is -0.950. The van der Waals surface area contributed by atoms with Gasteiger partial charge in [0.05, 0.1) is 26.4 Å². The van der Waals surface area contributed by atoms with Crippen molar-refractivity contribution in [1.82, 2.24) is 0 Å². The van der Waals surface area contributed by atoms with E-state index in [4.69, 9.17) is 19.3 Å². The molecule has 2 N–H and O–H groups in total. The number of rotatable bonds is 10. The van der Waals surface area contributed by atoms with Gasteiger partial charge < -0.3 is 24.4 Å². The molecule has 0 aromatic heterocycles. The Morgan fingerprint density at radius 3 is 2.39 bits per heavy atom. The van der Waals surface area contributed by atoms with E-state index in [2.05, 4.69) is 6.58 Å². The van der Waals surface area contributed by atoms with Crippen LogP contribution in [-0.2, 0) is 19.0 Å². The maximum absolute atomic E-state index is 11.3. The maximum atomic E-state index is 11.3. The van der Waals surface area contributed by atoms with E-state index in [9.17, 15) is 9.90 Å². The summed E-state index contributed by atoms with van der Waals surface area (Å²) in [6.45, 7) is 7.22. The van der Waals surface area contributed by atoms with Crippen LogP contribution in [0.1, 0.15) is 20.3 Å². The Bertz CT molecular complexity index is 265. The molecule has 0 spiro atoms. The van der Waals surface area contributed by atoms with Gasteiger partial charge in [0.2, 0.25) is 5.79 Å². The molecule has 0 saturated heterocycles. The highest BCUT2D eigenvalue weighted by atomic mass is 16.7. The molecule has 1 atom stereocenters. The van der Waals surface area contributed by atoms with E-state index in [1.54, 1.807) is 6.92 Å². The summed E-state index contributed by atoms with van der Waals surface area (Å²) in [5.41, 5.74) is 0.216. The van der Waals surface area contributed by atoms with Crippen molar-refractivity contribution in [3.63, 3.8) is 0 Å². The lowest BCUT2D eigenvalue weighted by atomic mass is 10.2. The van der Waals surface area contributed by atoms with Crippen LogP contribution < -0.4 is 0 Å². The standard InChI is InChI=1S/C12H22O6/c1-4-12(15,18-11(14)10(2)3)9-17-8-7-16-6-5-13/h13,15H,2,4-9H2,1,3H3. The number of esters is 1. The summed E-state index contributed by atoms with van der Waals surface area (Å²) in [5, 5.41) is 18.4. The van der Waals surface area contributed by atoms with Gasteiger partial charge in [-0.3, -0.25) is 0 Å². The van der Waals surface area contributed by atoms with Crippen LogP contribution in [0.15, 0.2) is 12.2 Å². The molecular formula is C12H22O6. The van der Waals surface area contributed by atoms with E-state index in [-0.39, 0.29) is 38.4 Å². The van der Waals surface area contributed by atoms with Crippen molar-refractivity contribution in [2.75, 3.05) is 33.0 Å². The summed E-state index contributed by atoms with van der Waals surface area (Å²) < 4.78 is 15.0. The van der Waals surface area contributed by atoms with Gasteiger partial charge >= 0.3 is 5.97 Å². The third-order valence-corrected chi connectivity index (χ3v) is 2.12. The van der Waals surface area contributed by atoms with Crippen LogP contribution in [0.3, 0.4) is 0 Å². The SMILES string of the molecule is C=C(C)C(=O)OC(O)(CC)COCCOCCO. The van der Waals surface area contributed by atoms with Gasteiger partial charge in [-0.25, -0.2) is 4.79 Å². The molecule has 106 valence electrons. The summed E-state index contributed by atoms with van der Waals surface area (Å²) in [7, 11) is 0. The molecular weight excluding hydrogens is 240 g/mol. The topological polar surface area (TPSA) is 85.2 Å². The number of hydrogen-bond donors (Lipinski definition) is 2. The van der Waals surface area contributed by atoms with E-state index in [1.165, 1.54) is 6.92 Å². The minimum absolute atomic E-state index is 0.0465. The lowest BCUT2D eigenvalue weighted by molar-refractivity contribution is -0.227. The third-order valence-electron chi connectivity index (χ3n) is 2.12. The Kier molecular flexibility index (Phi) is 8.57. The first-order chi connectivity index (χ1) is 8.45. The van der Waals surface area contributed by atoms with Crippen molar-refractivity contribution in [2.45, 2.75) is 26.1 Å². The number of carbonyl (C=O) groups is 1. The van der Waals surface area contributed by atoms with E-state index in [1.807, 2.05) is 0 Å². The second-order valence-electron chi connectivity index (χ2n) is 3.86. The highest BCUT2D eigenvalue weighted by molar-refractivity contribution is 5.87. The molecule has 1 unspecified atom stereocenters. The molecule has 0 rings (SSSR count). The van der Waals surface area contributed by atoms with Crippen molar-refractivity contribution in [3.05, 3.63) is 12.2 Å². The number of aliphatic hydroxyl groups excluding tert-OH is 1. The van der Waals surface area contributed by atoms with Gasteiger partial charge in [-0.2, -0.15) is 0 Å². The zero-order chi connectivity index (χ0) is 14.0. The fraction of sp³-hybridized carbons (Fsp3) is 0.750. The second kappa shape index (κ2) is 9.04. The van der Waals surface area contributed by atoms with Crippen LogP contribution in [0.4, 0.5) is 0 Å².